The van der Waals surface area contributed by atoms with Crippen LogP contribution in [0.15, 0.2) is 18.3 Å². The lowest BCUT2D eigenvalue weighted by Gasteiger charge is -2.45. The van der Waals surface area contributed by atoms with Crippen molar-refractivity contribution in [2.75, 3.05) is 11.4 Å². The van der Waals surface area contributed by atoms with Gasteiger partial charge in [-0.1, -0.05) is 12.8 Å². The third-order valence-electron chi connectivity index (χ3n) is 4.60. The summed E-state index contributed by atoms with van der Waals surface area (Å²) in [5, 5.41) is 7.40. The van der Waals surface area contributed by atoms with Crippen LogP contribution >= 0.6 is 0 Å². The van der Waals surface area contributed by atoms with Crippen LogP contribution in [0.1, 0.15) is 44.2 Å². The second-order valence-corrected chi connectivity index (χ2v) is 5.76. The first-order valence-corrected chi connectivity index (χ1v) is 7.33. The lowest BCUT2D eigenvalue weighted by atomic mass is 9.78. The molecule has 2 aliphatic rings. The number of nitrogens with one attached hydrogen (secondary N) is 1. The van der Waals surface area contributed by atoms with Gasteiger partial charge in [0.25, 0.3) is 0 Å². The molecule has 0 unspecified atom stereocenters. The van der Waals surface area contributed by atoms with Crippen molar-refractivity contribution in [1.82, 2.24) is 4.98 Å². The van der Waals surface area contributed by atoms with Crippen molar-refractivity contribution < 1.29 is 0 Å². The van der Waals surface area contributed by atoms with Gasteiger partial charge in [-0.05, 0) is 43.7 Å². The molecule has 3 N–H and O–H groups in total. The van der Waals surface area contributed by atoms with E-state index in [2.05, 4.69) is 16.0 Å². The van der Waals surface area contributed by atoms with Gasteiger partial charge in [-0.15, -0.1) is 0 Å². The highest BCUT2D eigenvalue weighted by Crippen LogP contribution is 2.37. The fourth-order valence-corrected chi connectivity index (χ4v) is 3.66. The molecular formula is C15H22N4. The molecule has 1 saturated heterocycles. The third-order valence-corrected chi connectivity index (χ3v) is 4.60. The van der Waals surface area contributed by atoms with E-state index in [-0.39, 0.29) is 5.84 Å². The summed E-state index contributed by atoms with van der Waals surface area (Å²) in [7, 11) is 0. The molecule has 1 aromatic rings. The summed E-state index contributed by atoms with van der Waals surface area (Å²) < 4.78 is 0. The molecule has 1 aliphatic heterocycles. The van der Waals surface area contributed by atoms with E-state index in [1.807, 2.05) is 12.3 Å². The molecule has 2 atom stereocenters. The average Bonchev–Trinajstić information content (AvgIpc) is 2.47. The van der Waals surface area contributed by atoms with Crippen molar-refractivity contribution in [1.29, 1.82) is 5.41 Å². The minimum atomic E-state index is 0.0423. The normalized spacial score (nSPS) is 26.8. The Morgan fingerprint density at radius 2 is 2.00 bits per heavy atom. The standard InChI is InChI=1S/C15H22N4/c16-15(17)13-8-7-12(10-18-13)19-9-3-5-11-4-1-2-6-14(11)19/h7-8,10-11,14H,1-6,9H2,(H3,16,17)/t11-,14-/m1/s1. The highest BCUT2D eigenvalue weighted by Gasteiger charge is 2.33. The van der Waals surface area contributed by atoms with Crippen LogP contribution in [0.3, 0.4) is 0 Å². The Kier molecular flexibility index (Phi) is 3.40. The molecule has 3 rings (SSSR count). The molecule has 2 heterocycles. The van der Waals surface area contributed by atoms with E-state index in [1.165, 1.54) is 44.2 Å². The fourth-order valence-electron chi connectivity index (χ4n) is 3.66. The van der Waals surface area contributed by atoms with Gasteiger partial charge < -0.3 is 10.6 Å². The molecule has 0 amide bonds. The zero-order chi connectivity index (χ0) is 13.2. The first-order chi connectivity index (χ1) is 9.25. The molecule has 102 valence electrons. The van der Waals surface area contributed by atoms with Crippen LogP contribution in [0.5, 0.6) is 0 Å². The second kappa shape index (κ2) is 5.19. The van der Waals surface area contributed by atoms with Crippen molar-refractivity contribution >= 4 is 11.5 Å². The van der Waals surface area contributed by atoms with Crippen LogP contribution in [-0.2, 0) is 0 Å². The van der Waals surface area contributed by atoms with E-state index in [4.69, 9.17) is 11.1 Å². The first-order valence-electron chi connectivity index (χ1n) is 7.33. The van der Waals surface area contributed by atoms with E-state index >= 15 is 0 Å². The van der Waals surface area contributed by atoms with Gasteiger partial charge in [-0.2, -0.15) is 0 Å². The Hall–Kier alpha value is -1.58. The van der Waals surface area contributed by atoms with Gasteiger partial charge in [0, 0.05) is 12.6 Å². The van der Waals surface area contributed by atoms with Gasteiger partial charge in [0.15, 0.2) is 0 Å². The summed E-state index contributed by atoms with van der Waals surface area (Å²) in [6, 6.07) is 4.64. The Morgan fingerprint density at radius 3 is 2.74 bits per heavy atom. The van der Waals surface area contributed by atoms with Gasteiger partial charge in [-0.3, -0.25) is 10.4 Å². The predicted molar refractivity (Wildman–Crippen MR) is 77.6 cm³/mol. The Morgan fingerprint density at radius 1 is 1.21 bits per heavy atom. The van der Waals surface area contributed by atoms with Gasteiger partial charge >= 0.3 is 0 Å². The lowest BCUT2D eigenvalue weighted by Crippen LogP contribution is -2.47. The summed E-state index contributed by atoms with van der Waals surface area (Å²) in [6.07, 6.45) is 10.0. The highest BCUT2D eigenvalue weighted by atomic mass is 15.2. The van der Waals surface area contributed by atoms with E-state index in [1.54, 1.807) is 0 Å². The summed E-state index contributed by atoms with van der Waals surface area (Å²) in [5.41, 5.74) is 7.22. The number of anilines is 1. The Bertz CT molecular complexity index is 452. The first kappa shape index (κ1) is 12.5. The van der Waals surface area contributed by atoms with Crippen LogP contribution in [0, 0.1) is 11.3 Å². The van der Waals surface area contributed by atoms with Crippen LogP contribution in [0.25, 0.3) is 0 Å². The van der Waals surface area contributed by atoms with Crippen molar-refractivity contribution in [2.24, 2.45) is 11.7 Å². The van der Waals surface area contributed by atoms with Gasteiger partial charge in [-0.25, -0.2) is 0 Å². The zero-order valence-electron chi connectivity index (χ0n) is 11.3. The third kappa shape index (κ3) is 2.44. The van der Waals surface area contributed by atoms with Crippen molar-refractivity contribution in [3.63, 3.8) is 0 Å². The molecule has 1 aromatic heterocycles. The highest BCUT2D eigenvalue weighted by molar-refractivity contribution is 5.93. The average molecular weight is 258 g/mol. The van der Waals surface area contributed by atoms with Crippen molar-refractivity contribution in [3.05, 3.63) is 24.0 Å². The summed E-state index contributed by atoms with van der Waals surface area (Å²) in [5.74, 6) is 0.913. The number of hydrogen-bond donors (Lipinski definition) is 2. The fraction of sp³-hybridized carbons (Fsp3) is 0.600. The number of fused-ring (bicyclic) bond motifs is 1. The Labute approximate surface area is 114 Å². The molecule has 4 nitrogen and oxygen atoms in total. The number of rotatable bonds is 2. The summed E-state index contributed by atoms with van der Waals surface area (Å²) in [6.45, 7) is 1.14. The molecule has 0 aromatic carbocycles. The number of nitrogens with zero attached hydrogens (tertiary/aromatic N) is 2. The van der Waals surface area contributed by atoms with Crippen LogP contribution in [0.2, 0.25) is 0 Å². The van der Waals surface area contributed by atoms with Crippen LogP contribution < -0.4 is 10.6 Å². The SMILES string of the molecule is N=C(N)c1ccc(N2CCC[C@H]3CCCC[C@H]32)cn1. The van der Waals surface area contributed by atoms with Crippen LogP contribution in [-0.4, -0.2) is 23.4 Å². The summed E-state index contributed by atoms with van der Waals surface area (Å²) >= 11 is 0. The largest absolute Gasteiger partial charge is 0.382 e. The van der Waals surface area contributed by atoms with Crippen LogP contribution in [0.4, 0.5) is 5.69 Å². The maximum absolute atomic E-state index is 7.40. The molecule has 0 spiro atoms. The number of hydrogen-bond acceptors (Lipinski definition) is 3. The second-order valence-electron chi connectivity index (χ2n) is 5.76. The van der Waals surface area contributed by atoms with Gasteiger partial charge in [0.05, 0.1) is 11.9 Å². The lowest BCUT2D eigenvalue weighted by molar-refractivity contribution is 0.243. The quantitative estimate of drug-likeness (QED) is 0.633. The molecule has 2 fully saturated rings. The number of piperidine rings is 1. The number of pyridine rings is 1. The molecule has 19 heavy (non-hydrogen) atoms. The van der Waals surface area contributed by atoms with Gasteiger partial charge in [0.2, 0.25) is 0 Å². The number of amidine groups is 1. The molecule has 1 saturated carbocycles. The monoisotopic (exact) mass is 258 g/mol. The van der Waals surface area contributed by atoms with E-state index < -0.39 is 0 Å². The van der Waals surface area contributed by atoms with E-state index in [0.717, 1.165) is 12.5 Å². The molecule has 0 radical (unpaired) electrons. The maximum atomic E-state index is 7.40. The number of aromatic nitrogens is 1. The smallest absolute Gasteiger partial charge is 0.141 e. The van der Waals surface area contributed by atoms with Crippen molar-refractivity contribution in [3.8, 4) is 0 Å². The van der Waals surface area contributed by atoms with E-state index in [9.17, 15) is 0 Å². The zero-order valence-corrected chi connectivity index (χ0v) is 11.3. The molecule has 1 aliphatic carbocycles. The molecule has 4 heteroatoms. The summed E-state index contributed by atoms with van der Waals surface area (Å²) in [4.78, 5) is 6.83. The van der Waals surface area contributed by atoms with Gasteiger partial charge in [0.1, 0.15) is 11.5 Å². The van der Waals surface area contributed by atoms with E-state index in [0.29, 0.717) is 11.7 Å². The topological polar surface area (TPSA) is 66.0 Å². The predicted octanol–water partition coefficient (Wildman–Crippen LogP) is 2.52. The number of nitrogen functional groups attached to an aromatic ring is 1. The number of nitrogens with two attached hydrogens (primary N) is 1. The maximum Gasteiger partial charge on any atom is 0.141 e. The molecule has 0 bridgehead atoms. The molecular weight excluding hydrogens is 236 g/mol. The minimum absolute atomic E-state index is 0.0423. The Balaban J connectivity index is 1.81. The minimum Gasteiger partial charge on any atom is -0.382 e. The van der Waals surface area contributed by atoms with Crippen molar-refractivity contribution in [2.45, 2.75) is 44.6 Å².